The highest BCUT2D eigenvalue weighted by Crippen LogP contribution is 2.27. The van der Waals surface area contributed by atoms with E-state index in [-0.39, 0.29) is 30.3 Å². The molecule has 3 rings (SSSR count). The number of fused-ring (bicyclic) bond motifs is 1. The molecule has 19 heavy (non-hydrogen) atoms. The largest absolute Gasteiger partial charge is 0.338 e. The van der Waals surface area contributed by atoms with E-state index in [9.17, 15) is 9.59 Å². The molecule has 0 aliphatic carbocycles. The molecule has 0 saturated carbocycles. The number of rotatable bonds is 2. The third kappa shape index (κ3) is 2.42. The zero-order valence-electron chi connectivity index (χ0n) is 10.9. The van der Waals surface area contributed by atoms with Crippen LogP contribution in [0.25, 0.3) is 0 Å². The molecule has 1 aromatic rings. The first-order valence-electron chi connectivity index (χ1n) is 6.43. The fourth-order valence-corrected chi connectivity index (χ4v) is 3.10. The average Bonchev–Trinajstić information content (AvgIpc) is 2.99. The van der Waals surface area contributed by atoms with E-state index < -0.39 is 0 Å². The Morgan fingerprint density at radius 3 is 2.84 bits per heavy atom. The summed E-state index contributed by atoms with van der Waals surface area (Å²) in [7, 11) is 0. The van der Waals surface area contributed by atoms with Crippen molar-refractivity contribution in [3.8, 4) is 0 Å². The van der Waals surface area contributed by atoms with Gasteiger partial charge in [0.1, 0.15) is 0 Å². The summed E-state index contributed by atoms with van der Waals surface area (Å²) in [6.45, 7) is 4.54. The maximum Gasteiger partial charge on any atom is 0.267 e. The molecular formula is C12H19ClN4O2. The molecule has 1 amide bonds. The summed E-state index contributed by atoms with van der Waals surface area (Å²) in [5, 5.41) is 8.60. The highest BCUT2D eigenvalue weighted by molar-refractivity contribution is 5.85. The summed E-state index contributed by atoms with van der Waals surface area (Å²) in [6.07, 6.45) is 1.28. The second-order valence-electron chi connectivity index (χ2n) is 5.22. The number of halogens is 1. The van der Waals surface area contributed by atoms with Crippen LogP contribution in [0.4, 0.5) is 0 Å². The lowest BCUT2D eigenvalue weighted by molar-refractivity contribution is -0.131. The van der Waals surface area contributed by atoms with Crippen LogP contribution in [0.15, 0.2) is 4.79 Å². The zero-order valence-corrected chi connectivity index (χ0v) is 11.7. The number of H-pyrrole nitrogens is 2. The molecule has 0 spiro atoms. The van der Waals surface area contributed by atoms with Gasteiger partial charge in [-0.15, -0.1) is 12.4 Å². The van der Waals surface area contributed by atoms with Gasteiger partial charge in [0.15, 0.2) is 0 Å². The van der Waals surface area contributed by atoms with Crippen molar-refractivity contribution in [2.45, 2.75) is 25.8 Å². The smallest absolute Gasteiger partial charge is 0.267 e. The quantitative estimate of drug-likeness (QED) is 0.704. The molecule has 106 valence electrons. The Balaban J connectivity index is 0.00000133. The first kappa shape index (κ1) is 14.1. The van der Waals surface area contributed by atoms with Gasteiger partial charge in [-0.05, 0) is 19.3 Å². The third-order valence-corrected chi connectivity index (χ3v) is 4.18. The summed E-state index contributed by atoms with van der Waals surface area (Å²) in [6, 6.07) is 0.329. The normalized spacial score (nSPS) is 25.2. The molecule has 3 heterocycles. The molecule has 2 atom stereocenters. The second kappa shape index (κ2) is 5.38. The van der Waals surface area contributed by atoms with Crippen LogP contribution in [0.1, 0.15) is 17.7 Å². The van der Waals surface area contributed by atoms with Gasteiger partial charge in [-0.1, -0.05) is 0 Å². The Morgan fingerprint density at radius 2 is 2.16 bits per heavy atom. The van der Waals surface area contributed by atoms with E-state index in [0.717, 1.165) is 31.7 Å². The standard InChI is InChI=1S/C12H18N4O2.ClH/c1-7-9(12(18)15-14-7)4-11(17)16-3-2-8-5-13-6-10(8)16;/h8,10,13H,2-6H2,1H3,(H2,14,15,18);1H/t8-,10+;/m0./s1. The number of hydrogen-bond donors (Lipinski definition) is 3. The minimum Gasteiger partial charge on any atom is -0.338 e. The molecule has 2 fully saturated rings. The number of aromatic amines is 2. The van der Waals surface area contributed by atoms with Crippen molar-refractivity contribution in [3.05, 3.63) is 21.6 Å². The van der Waals surface area contributed by atoms with Crippen LogP contribution in [0.5, 0.6) is 0 Å². The zero-order chi connectivity index (χ0) is 12.7. The fourth-order valence-electron chi connectivity index (χ4n) is 3.10. The molecule has 0 aromatic carbocycles. The van der Waals surface area contributed by atoms with E-state index in [1.54, 1.807) is 0 Å². The van der Waals surface area contributed by atoms with E-state index >= 15 is 0 Å². The number of hydrogen-bond acceptors (Lipinski definition) is 3. The highest BCUT2D eigenvalue weighted by atomic mass is 35.5. The Hall–Kier alpha value is -1.27. The molecule has 0 radical (unpaired) electrons. The maximum absolute atomic E-state index is 12.3. The van der Waals surface area contributed by atoms with Crippen molar-refractivity contribution >= 4 is 18.3 Å². The predicted octanol–water partition coefficient (Wildman–Crippen LogP) is -0.204. The molecule has 0 unspecified atom stereocenters. The summed E-state index contributed by atoms with van der Waals surface area (Å²) in [5.74, 6) is 0.666. The molecule has 2 saturated heterocycles. The number of likely N-dealkylation sites (tertiary alicyclic amines) is 1. The highest BCUT2D eigenvalue weighted by Gasteiger charge is 2.39. The molecule has 6 nitrogen and oxygen atoms in total. The molecule has 1 aromatic heterocycles. The maximum atomic E-state index is 12.3. The Morgan fingerprint density at radius 1 is 1.37 bits per heavy atom. The van der Waals surface area contributed by atoms with E-state index in [1.165, 1.54) is 0 Å². The van der Waals surface area contributed by atoms with Gasteiger partial charge in [-0.3, -0.25) is 14.7 Å². The fraction of sp³-hybridized carbons (Fsp3) is 0.667. The van der Waals surface area contributed by atoms with Gasteiger partial charge in [0.05, 0.1) is 6.42 Å². The summed E-state index contributed by atoms with van der Waals surface area (Å²) in [4.78, 5) is 25.8. The summed E-state index contributed by atoms with van der Waals surface area (Å²) >= 11 is 0. The number of nitrogens with zero attached hydrogens (tertiary/aromatic N) is 1. The second-order valence-corrected chi connectivity index (χ2v) is 5.22. The van der Waals surface area contributed by atoms with Crippen molar-refractivity contribution in [1.82, 2.24) is 20.4 Å². The first-order chi connectivity index (χ1) is 8.66. The Labute approximate surface area is 117 Å². The van der Waals surface area contributed by atoms with Crippen molar-refractivity contribution in [3.63, 3.8) is 0 Å². The topological polar surface area (TPSA) is 81.0 Å². The molecular weight excluding hydrogens is 268 g/mol. The number of amides is 1. The molecule has 2 aliphatic rings. The minimum atomic E-state index is -0.179. The lowest BCUT2D eigenvalue weighted by atomic mass is 10.0. The van der Waals surface area contributed by atoms with Crippen LogP contribution in [0.2, 0.25) is 0 Å². The molecule has 3 N–H and O–H groups in total. The van der Waals surface area contributed by atoms with Crippen LogP contribution < -0.4 is 10.9 Å². The van der Waals surface area contributed by atoms with Gasteiger partial charge in [0.2, 0.25) is 5.91 Å². The number of carbonyl (C=O) groups excluding carboxylic acids is 1. The van der Waals surface area contributed by atoms with E-state index in [0.29, 0.717) is 17.5 Å². The van der Waals surface area contributed by atoms with Crippen LogP contribution in [0, 0.1) is 12.8 Å². The van der Waals surface area contributed by atoms with Gasteiger partial charge < -0.3 is 15.3 Å². The van der Waals surface area contributed by atoms with Gasteiger partial charge in [0, 0.05) is 36.9 Å². The van der Waals surface area contributed by atoms with Crippen LogP contribution in [0.3, 0.4) is 0 Å². The first-order valence-corrected chi connectivity index (χ1v) is 6.43. The Bertz CT molecular complexity index is 524. The van der Waals surface area contributed by atoms with Crippen LogP contribution >= 0.6 is 12.4 Å². The van der Waals surface area contributed by atoms with E-state index in [4.69, 9.17) is 0 Å². The SMILES string of the molecule is Cc1[nH][nH]c(=O)c1CC(=O)N1CC[C@H]2CNC[C@H]21.Cl. The van der Waals surface area contributed by atoms with Gasteiger partial charge in [-0.25, -0.2) is 0 Å². The molecule has 0 bridgehead atoms. The summed E-state index contributed by atoms with van der Waals surface area (Å²) < 4.78 is 0. The van der Waals surface area contributed by atoms with Crippen molar-refractivity contribution in [2.75, 3.05) is 19.6 Å². The lowest BCUT2D eigenvalue weighted by Gasteiger charge is -2.23. The number of aromatic nitrogens is 2. The van der Waals surface area contributed by atoms with E-state index in [1.807, 2.05) is 11.8 Å². The minimum absolute atomic E-state index is 0. The number of carbonyl (C=O) groups is 1. The van der Waals surface area contributed by atoms with Crippen molar-refractivity contribution in [1.29, 1.82) is 0 Å². The van der Waals surface area contributed by atoms with Gasteiger partial charge in [0.25, 0.3) is 5.56 Å². The van der Waals surface area contributed by atoms with Crippen molar-refractivity contribution in [2.24, 2.45) is 5.92 Å². The third-order valence-electron chi connectivity index (χ3n) is 4.18. The van der Waals surface area contributed by atoms with Crippen molar-refractivity contribution < 1.29 is 4.79 Å². The number of nitrogens with one attached hydrogen (secondary N) is 3. The lowest BCUT2D eigenvalue weighted by Crippen LogP contribution is -2.40. The average molecular weight is 287 g/mol. The van der Waals surface area contributed by atoms with E-state index in [2.05, 4.69) is 15.5 Å². The number of aryl methyl sites for hydroxylation is 1. The Kier molecular flexibility index (Phi) is 4.01. The molecule has 7 heteroatoms. The van der Waals surface area contributed by atoms with Crippen LogP contribution in [-0.4, -0.2) is 46.7 Å². The predicted molar refractivity (Wildman–Crippen MR) is 73.6 cm³/mol. The molecule has 2 aliphatic heterocycles. The monoisotopic (exact) mass is 286 g/mol. The van der Waals surface area contributed by atoms with Crippen LogP contribution in [-0.2, 0) is 11.2 Å². The summed E-state index contributed by atoms with van der Waals surface area (Å²) in [5.41, 5.74) is 1.14. The van der Waals surface area contributed by atoms with Gasteiger partial charge in [-0.2, -0.15) is 0 Å². The van der Waals surface area contributed by atoms with Gasteiger partial charge >= 0.3 is 0 Å².